The van der Waals surface area contributed by atoms with Gasteiger partial charge < -0.3 is 14.8 Å². The second-order valence-corrected chi connectivity index (χ2v) is 5.14. The molecule has 1 N–H and O–H groups in total. The molecule has 0 spiro atoms. The summed E-state index contributed by atoms with van der Waals surface area (Å²) >= 11 is 0. The van der Waals surface area contributed by atoms with Crippen LogP contribution in [0.25, 0.3) is 0 Å². The minimum absolute atomic E-state index is 0.140. The van der Waals surface area contributed by atoms with E-state index < -0.39 is 5.54 Å². The van der Waals surface area contributed by atoms with Gasteiger partial charge in [-0.05, 0) is 39.8 Å². The number of esters is 1. The number of nitrogens with one attached hydrogen (secondary N) is 1. The fraction of sp³-hybridized carbons (Fsp3) is 0.929. The summed E-state index contributed by atoms with van der Waals surface area (Å²) in [6.07, 6.45) is 1.79. The highest BCUT2D eigenvalue weighted by atomic mass is 16.5. The van der Waals surface area contributed by atoms with Crippen molar-refractivity contribution in [1.29, 1.82) is 0 Å². The second-order valence-electron chi connectivity index (χ2n) is 5.14. The lowest BCUT2D eigenvalue weighted by Crippen LogP contribution is -2.51. The fourth-order valence-corrected chi connectivity index (χ4v) is 2.42. The first-order chi connectivity index (χ1) is 9.12. The molecule has 1 fully saturated rings. The van der Waals surface area contributed by atoms with Gasteiger partial charge in [0, 0.05) is 13.1 Å². The highest BCUT2D eigenvalue weighted by molar-refractivity contribution is 5.80. The van der Waals surface area contributed by atoms with Gasteiger partial charge in [-0.15, -0.1) is 0 Å². The van der Waals surface area contributed by atoms with Crippen LogP contribution in [-0.2, 0) is 14.3 Å². The molecule has 0 bridgehead atoms. The normalized spacial score (nSPS) is 19.9. The number of rotatable bonds is 8. The summed E-state index contributed by atoms with van der Waals surface area (Å²) in [5.74, 6) is -0.140. The van der Waals surface area contributed by atoms with E-state index in [2.05, 4.69) is 10.2 Å². The Morgan fingerprint density at radius 2 is 2.05 bits per heavy atom. The Labute approximate surface area is 116 Å². The Morgan fingerprint density at radius 1 is 1.37 bits per heavy atom. The van der Waals surface area contributed by atoms with E-state index in [0.717, 1.165) is 52.2 Å². The van der Waals surface area contributed by atoms with Crippen molar-refractivity contribution in [2.24, 2.45) is 0 Å². The quantitative estimate of drug-likeness (QED) is 0.669. The summed E-state index contributed by atoms with van der Waals surface area (Å²) in [5, 5.41) is 3.26. The van der Waals surface area contributed by atoms with E-state index in [9.17, 15) is 4.79 Å². The smallest absolute Gasteiger partial charge is 0.326 e. The highest BCUT2D eigenvalue weighted by Crippen LogP contribution is 2.15. The molecular weight excluding hydrogens is 244 g/mol. The molecule has 0 amide bonds. The van der Waals surface area contributed by atoms with E-state index in [1.807, 2.05) is 20.8 Å². The number of hydrogen-bond donors (Lipinski definition) is 1. The maximum Gasteiger partial charge on any atom is 0.326 e. The molecule has 1 aliphatic heterocycles. The minimum Gasteiger partial charge on any atom is -0.465 e. The highest BCUT2D eigenvalue weighted by Gasteiger charge is 2.33. The lowest BCUT2D eigenvalue weighted by atomic mass is 9.95. The molecular formula is C14H28N2O3. The van der Waals surface area contributed by atoms with Crippen LogP contribution >= 0.6 is 0 Å². The number of likely N-dealkylation sites (N-methyl/N-ethyl adjacent to an activating group) is 1. The van der Waals surface area contributed by atoms with Gasteiger partial charge in [0.1, 0.15) is 5.54 Å². The van der Waals surface area contributed by atoms with Crippen LogP contribution in [0, 0.1) is 0 Å². The summed E-state index contributed by atoms with van der Waals surface area (Å²) in [4.78, 5) is 14.4. The fourth-order valence-electron chi connectivity index (χ4n) is 2.42. The molecule has 1 unspecified atom stereocenters. The van der Waals surface area contributed by atoms with Gasteiger partial charge in [-0.3, -0.25) is 9.69 Å². The first kappa shape index (κ1) is 16.4. The van der Waals surface area contributed by atoms with E-state index in [1.165, 1.54) is 0 Å². The predicted octanol–water partition coefficient (Wildman–Crippen LogP) is 1.03. The SMILES string of the molecule is CCNC(C)(CCCN1CCOCC1)C(=O)OCC. The molecule has 0 aliphatic carbocycles. The predicted molar refractivity (Wildman–Crippen MR) is 75.2 cm³/mol. The third kappa shape index (κ3) is 5.47. The number of nitrogens with zero attached hydrogens (tertiary/aromatic N) is 1. The Morgan fingerprint density at radius 3 is 2.63 bits per heavy atom. The Kier molecular flexibility index (Phi) is 7.34. The van der Waals surface area contributed by atoms with Crippen LogP contribution in [0.3, 0.4) is 0 Å². The van der Waals surface area contributed by atoms with Crippen molar-refractivity contribution in [3.05, 3.63) is 0 Å². The van der Waals surface area contributed by atoms with E-state index in [-0.39, 0.29) is 5.97 Å². The zero-order chi connectivity index (χ0) is 14.1. The molecule has 0 aromatic carbocycles. The second kappa shape index (κ2) is 8.51. The monoisotopic (exact) mass is 272 g/mol. The molecule has 0 aromatic rings. The molecule has 1 aliphatic rings. The number of morpholine rings is 1. The Balaban J connectivity index is 2.37. The van der Waals surface area contributed by atoms with Crippen LogP contribution in [0.1, 0.15) is 33.6 Å². The van der Waals surface area contributed by atoms with Gasteiger partial charge in [-0.2, -0.15) is 0 Å². The summed E-state index contributed by atoms with van der Waals surface area (Å²) in [6, 6.07) is 0. The summed E-state index contributed by atoms with van der Waals surface area (Å²) in [6.45, 7) is 11.7. The molecule has 0 radical (unpaired) electrons. The van der Waals surface area contributed by atoms with Gasteiger partial charge in [0.05, 0.1) is 19.8 Å². The molecule has 19 heavy (non-hydrogen) atoms. The standard InChI is InChI=1S/C14H28N2O3/c1-4-15-14(3,13(17)19-5-2)7-6-8-16-9-11-18-12-10-16/h15H,4-12H2,1-3H3. The van der Waals surface area contributed by atoms with Crippen LogP contribution in [-0.4, -0.2) is 62.4 Å². The van der Waals surface area contributed by atoms with Crippen molar-refractivity contribution in [3.8, 4) is 0 Å². The molecule has 112 valence electrons. The lowest BCUT2D eigenvalue weighted by molar-refractivity contribution is -0.150. The van der Waals surface area contributed by atoms with Gasteiger partial charge >= 0.3 is 5.97 Å². The van der Waals surface area contributed by atoms with Crippen LogP contribution in [0.4, 0.5) is 0 Å². The van der Waals surface area contributed by atoms with E-state index in [1.54, 1.807) is 0 Å². The average molecular weight is 272 g/mol. The van der Waals surface area contributed by atoms with Gasteiger partial charge in [0.25, 0.3) is 0 Å². The van der Waals surface area contributed by atoms with Gasteiger partial charge in [0.15, 0.2) is 0 Å². The molecule has 1 saturated heterocycles. The van der Waals surface area contributed by atoms with Crippen LogP contribution in [0.15, 0.2) is 0 Å². The van der Waals surface area contributed by atoms with Crippen molar-refractivity contribution in [1.82, 2.24) is 10.2 Å². The molecule has 0 aromatic heterocycles. The van der Waals surface area contributed by atoms with E-state index >= 15 is 0 Å². The molecule has 5 heteroatoms. The minimum atomic E-state index is -0.558. The third-order valence-electron chi connectivity index (χ3n) is 3.55. The van der Waals surface area contributed by atoms with Crippen LogP contribution in [0.5, 0.6) is 0 Å². The van der Waals surface area contributed by atoms with Crippen molar-refractivity contribution in [3.63, 3.8) is 0 Å². The molecule has 5 nitrogen and oxygen atoms in total. The third-order valence-corrected chi connectivity index (χ3v) is 3.55. The largest absolute Gasteiger partial charge is 0.465 e. The molecule has 1 rings (SSSR count). The Hall–Kier alpha value is -0.650. The van der Waals surface area contributed by atoms with E-state index in [0.29, 0.717) is 6.61 Å². The first-order valence-electron chi connectivity index (χ1n) is 7.34. The summed E-state index contributed by atoms with van der Waals surface area (Å²) in [7, 11) is 0. The maximum atomic E-state index is 12.0. The van der Waals surface area contributed by atoms with Crippen molar-refractivity contribution in [2.45, 2.75) is 39.2 Å². The summed E-state index contributed by atoms with van der Waals surface area (Å²) < 4.78 is 10.5. The molecule has 1 heterocycles. The zero-order valence-electron chi connectivity index (χ0n) is 12.5. The lowest BCUT2D eigenvalue weighted by Gasteiger charge is -2.30. The molecule has 1 atom stereocenters. The van der Waals surface area contributed by atoms with Crippen LogP contribution in [0.2, 0.25) is 0 Å². The summed E-state index contributed by atoms with van der Waals surface area (Å²) in [5.41, 5.74) is -0.558. The van der Waals surface area contributed by atoms with Crippen LogP contribution < -0.4 is 5.32 Å². The van der Waals surface area contributed by atoms with Crippen molar-refractivity contribution < 1.29 is 14.3 Å². The number of hydrogen-bond acceptors (Lipinski definition) is 5. The average Bonchev–Trinajstić information content (AvgIpc) is 2.40. The maximum absolute atomic E-state index is 12.0. The van der Waals surface area contributed by atoms with E-state index in [4.69, 9.17) is 9.47 Å². The Bertz CT molecular complexity index is 267. The van der Waals surface area contributed by atoms with Gasteiger partial charge in [-0.1, -0.05) is 6.92 Å². The van der Waals surface area contributed by atoms with Gasteiger partial charge in [0.2, 0.25) is 0 Å². The number of carbonyl (C=O) groups is 1. The number of carbonyl (C=O) groups excluding carboxylic acids is 1. The van der Waals surface area contributed by atoms with Crippen molar-refractivity contribution >= 4 is 5.97 Å². The topological polar surface area (TPSA) is 50.8 Å². The van der Waals surface area contributed by atoms with Crippen molar-refractivity contribution in [2.75, 3.05) is 46.0 Å². The molecule has 0 saturated carbocycles. The first-order valence-corrected chi connectivity index (χ1v) is 7.34. The zero-order valence-corrected chi connectivity index (χ0v) is 12.5. The van der Waals surface area contributed by atoms with Gasteiger partial charge in [-0.25, -0.2) is 0 Å². The number of ether oxygens (including phenoxy) is 2.